The zero-order valence-electron chi connectivity index (χ0n) is 18.0. The normalized spacial score (nSPS) is 11.5. The van der Waals surface area contributed by atoms with Crippen LogP contribution in [0.5, 0.6) is 0 Å². The molecule has 0 aliphatic carbocycles. The minimum absolute atomic E-state index is 0.00124. The molecule has 5 nitrogen and oxygen atoms in total. The van der Waals surface area contributed by atoms with Gasteiger partial charge in [0.15, 0.2) is 5.16 Å². The third-order valence-corrected chi connectivity index (χ3v) is 6.21. The number of fused-ring (bicyclic) bond motifs is 1. The van der Waals surface area contributed by atoms with E-state index >= 15 is 0 Å². The Labute approximate surface area is 182 Å². The van der Waals surface area contributed by atoms with E-state index in [-0.39, 0.29) is 5.56 Å². The molecular weight excluding hydrogens is 392 g/mol. The minimum atomic E-state index is 0.00124. The zero-order chi connectivity index (χ0) is 21.7. The maximum atomic E-state index is 13.3. The minimum Gasteiger partial charge on any atom is -0.297 e. The number of thioether (sulfide) groups is 1. The van der Waals surface area contributed by atoms with Crippen LogP contribution < -0.4 is 5.56 Å². The summed E-state index contributed by atoms with van der Waals surface area (Å²) in [5.41, 5.74) is 2.40. The van der Waals surface area contributed by atoms with Crippen LogP contribution in [0.1, 0.15) is 38.8 Å². The maximum Gasteiger partial charge on any atom is 0.262 e. The van der Waals surface area contributed by atoms with Crippen LogP contribution in [0.15, 0.2) is 58.5 Å². The van der Waals surface area contributed by atoms with E-state index in [2.05, 4.69) is 38.7 Å². The molecule has 0 radical (unpaired) electrons. The highest BCUT2D eigenvalue weighted by Gasteiger charge is 2.16. The molecule has 0 unspecified atom stereocenters. The van der Waals surface area contributed by atoms with Gasteiger partial charge >= 0.3 is 0 Å². The van der Waals surface area contributed by atoms with Crippen LogP contribution in [0.4, 0.5) is 0 Å². The fourth-order valence-electron chi connectivity index (χ4n) is 3.66. The predicted octanol–water partition coefficient (Wildman–Crippen LogP) is 4.68. The highest BCUT2D eigenvalue weighted by Crippen LogP contribution is 2.23. The lowest BCUT2D eigenvalue weighted by Gasteiger charge is -2.30. The van der Waals surface area contributed by atoms with E-state index in [1.807, 2.05) is 42.5 Å². The van der Waals surface area contributed by atoms with E-state index in [9.17, 15) is 4.79 Å². The van der Waals surface area contributed by atoms with Crippen molar-refractivity contribution in [2.24, 2.45) is 0 Å². The number of para-hydroxylation sites is 1. The summed E-state index contributed by atoms with van der Waals surface area (Å²) in [6.07, 6.45) is 0. The van der Waals surface area contributed by atoms with E-state index in [1.165, 1.54) is 0 Å². The highest BCUT2D eigenvalue weighted by atomic mass is 32.2. The lowest BCUT2D eigenvalue weighted by molar-refractivity contribution is 0.166. The summed E-state index contributed by atoms with van der Waals surface area (Å²) >= 11 is 1.54. The molecule has 30 heavy (non-hydrogen) atoms. The SMILES string of the molecule is CC(C)N(CCn1c(SCc2cccc(C#N)c2)nc2ccccc2c1=O)C(C)C. The van der Waals surface area contributed by atoms with Crippen molar-refractivity contribution in [2.75, 3.05) is 6.54 Å². The van der Waals surface area contributed by atoms with Crippen LogP contribution in [0.3, 0.4) is 0 Å². The number of nitriles is 1. The largest absolute Gasteiger partial charge is 0.297 e. The number of hydrogen-bond acceptors (Lipinski definition) is 5. The number of hydrogen-bond donors (Lipinski definition) is 0. The van der Waals surface area contributed by atoms with E-state index in [4.69, 9.17) is 10.2 Å². The van der Waals surface area contributed by atoms with Crippen LogP contribution in [0, 0.1) is 11.3 Å². The van der Waals surface area contributed by atoms with Crippen molar-refractivity contribution in [2.45, 2.75) is 57.2 Å². The lowest BCUT2D eigenvalue weighted by Crippen LogP contribution is -2.40. The summed E-state index contributed by atoms with van der Waals surface area (Å²) < 4.78 is 1.80. The molecule has 0 fully saturated rings. The van der Waals surface area contributed by atoms with Crippen LogP contribution in [-0.2, 0) is 12.3 Å². The molecule has 0 saturated carbocycles. The highest BCUT2D eigenvalue weighted by molar-refractivity contribution is 7.98. The average molecular weight is 421 g/mol. The van der Waals surface area contributed by atoms with Gasteiger partial charge in [0.05, 0.1) is 22.5 Å². The molecule has 1 aromatic heterocycles. The van der Waals surface area contributed by atoms with Crippen molar-refractivity contribution in [3.63, 3.8) is 0 Å². The molecular formula is C24H28N4OS. The smallest absolute Gasteiger partial charge is 0.262 e. The average Bonchev–Trinajstić information content (AvgIpc) is 2.73. The van der Waals surface area contributed by atoms with E-state index in [0.29, 0.717) is 40.5 Å². The fourth-order valence-corrected chi connectivity index (χ4v) is 4.63. The molecule has 0 atom stereocenters. The third kappa shape index (κ3) is 5.10. The van der Waals surface area contributed by atoms with E-state index in [0.717, 1.165) is 17.6 Å². The van der Waals surface area contributed by atoms with Gasteiger partial charge in [-0.2, -0.15) is 5.26 Å². The first-order valence-corrected chi connectivity index (χ1v) is 11.3. The number of nitrogens with zero attached hydrogens (tertiary/aromatic N) is 4. The van der Waals surface area contributed by atoms with Gasteiger partial charge in [0.2, 0.25) is 0 Å². The topological polar surface area (TPSA) is 61.9 Å². The summed E-state index contributed by atoms with van der Waals surface area (Å²) in [5.74, 6) is 0.651. The van der Waals surface area contributed by atoms with Crippen molar-refractivity contribution in [3.05, 3.63) is 70.0 Å². The monoisotopic (exact) mass is 420 g/mol. The summed E-state index contributed by atoms with van der Waals surface area (Å²) in [6.45, 7) is 10.1. The van der Waals surface area contributed by atoms with Gasteiger partial charge in [0, 0.05) is 30.9 Å². The molecule has 0 spiro atoms. The second-order valence-electron chi connectivity index (χ2n) is 7.89. The van der Waals surface area contributed by atoms with Gasteiger partial charge in [-0.3, -0.25) is 14.3 Å². The molecule has 0 aliphatic heterocycles. The van der Waals surface area contributed by atoms with Crippen LogP contribution in [0.2, 0.25) is 0 Å². The predicted molar refractivity (Wildman–Crippen MR) is 124 cm³/mol. The Kier molecular flexibility index (Phi) is 7.30. The van der Waals surface area contributed by atoms with E-state index in [1.54, 1.807) is 22.4 Å². The van der Waals surface area contributed by atoms with E-state index < -0.39 is 0 Å². The Balaban J connectivity index is 1.94. The van der Waals surface area contributed by atoms with Crippen LogP contribution in [0.25, 0.3) is 10.9 Å². The fraction of sp³-hybridized carbons (Fsp3) is 0.375. The van der Waals surface area contributed by atoms with Crippen molar-refractivity contribution in [1.29, 1.82) is 5.26 Å². The van der Waals surface area contributed by atoms with Gasteiger partial charge in [-0.15, -0.1) is 0 Å². The number of rotatable bonds is 8. The van der Waals surface area contributed by atoms with Crippen molar-refractivity contribution >= 4 is 22.7 Å². The number of aromatic nitrogens is 2. The zero-order valence-corrected chi connectivity index (χ0v) is 18.8. The molecule has 156 valence electrons. The maximum absolute atomic E-state index is 13.3. The summed E-state index contributed by atoms with van der Waals surface area (Å²) in [6, 6.07) is 18.1. The van der Waals surface area contributed by atoms with Crippen LogP contribution >= 0.6 is 11.8 Å². The standard InChI is InChI=1S/C24H28N4OS/c1-17(2)27(18(3)4)12-13-28-23(29)21-10-5-6-11-22(21)26-24(28)30-16-20-9-7-8-19(14-20)15-25/h5-11,14,17-18H,12-13,16H2,1-4H3. The van der Waals surface area contributed by atoms with Crippen molar-refractivity contribution in [1.82, 2.24) is 14.5 Å². The van der Waals surface area contributed by atoms with Gasteiger partial charge in [-0.25, -0.2) is 4.98 Å². The van der Waals surface area contributed by atoms with Gasteiger partial charge in [0.1, 0.15) is 0 Å². The summed E-state index contributed by atoms with van der Waals surface area (Å²) in [4.78, 5) is 20.4. The second kappa shape index (κ2) is 9.92. The quantitative estimate of drug-likeness (QED) is 0.391. The van der Waals surface area contributed by atoms with Gasteiger partial charge < -0.3 is 0 Å². The second-order valence-corrected chi connectivity index (χ2v) is 8.84. The van der Waals surface area contributed by atoms with Crippen molar-refractivity contribution in [3.8, 4) is 6.07 Å². The summed E-state index contributed by atoms with van der Waals surface area (Å²) in [5, 5.41) is 10.5. The molecule has 0 amide bonds. The Hall–Kier alpha value is -2.62. The first kappa shape index (κ1) is 22.1. The third-order valence-electron chi connectivity index (χ3n) is 5.16. The lowest BCUT2D eigenvalue weighted by atomic mass is 10.2. The Morgan fingerprint density at radius 2 is 1.83 bits per heavy atom. The Morgan fingerprint density at radius 3 is 2.53 bits per heavy atom. The van der Waals surface area contributed by atoms with Gasteiger partial charge in [0.25, 0.3) is 5.56 Å². The molecule has 0 N–H and O–H groups in total. The molecule has 0 saturated heterocycles. The van der Waals surface area contributed by atoms with Crippen LogP contribution in [-0.4, -0.2) is 33.1 Å². The van der Waals surface area contributed by atoms with Gasteiger partial charge in [-0.1, -0.05) is 36.0 Å². The van der Waals surface area contributed by atoms with Gasteiger partial charge in [-0.05, 0) is 57.5 Å². The Bertz CT molecular complexity index is 1110. The van der Waals surface area contributed by atoms with Crippen molar-refractivity contribution < 1.29 is 0 Å². The molecule has 3 rings (SSSR count). The molecule has 3 aromatic rings. The molecule has 6 heteroatoms. The molecule has 0 aliphatic rings. The molecule has 2 aromatic carbocycles. The Morgan fingerprint density at radius 1 is 1.10 bits per heavy atom. The first-order chi connectivity index (χ1) is 14.4. The number of benzene rings is 2. The molecule has 1 heterocycles. The molecule has 0 bridgehead atoms. The summed E-state index contributed by atoms with van der Waals surface area (Å²) in [7, 11) is 0. The first-order valence-electron chi connectivity index (χ1n) is 10.3.